The van der Waals surface area contributed by atoms with Crippen molar-refractivity contribution in [1.82, 2.24) is 20.6 Å². The molecule has 0 radical (unpaired) electrons. The molecule has 2 aliphatic rings. The van der Waals surface area contributed by atoms with Gasteiger partial charge in [-0.05, 0) is 37.8 Å². The van der Waals surface area contributed by atoms with Crippen LogP contribution >= 0.6 is 0 Å². The van der Waals surface area contributed by atoms with Crippen LogP contribution < -0.4 is 20.1 Å². The molecular weight excluding hydrogens is 478 g/mol. The number of nitrogens with zero attached hydrogens (tertiary/aromatic N) is 2. The molecular formula is C23H26F6N4O2. The molecule has 2 heterocycles. The quantitative estimate of drug-likeness (QED) is 0.478. The van der Waals surface area contributed by atoms with Crippen LogP contribution in [0.1, 0.15) is 54.6 Å². The average molecular weight is 504 g/mol. The highest BCUT2D eigenvalue weighted by Crippen LogP contribution is 2.41. The Labute approximate surface area is 198 Å². The molecule has 2 N–H and O–H groups in total. The lowest BCUT2D eigenvalue weighted by Gasteiger charge is -2.34. The number of aromatic nitrogens is 2. The number of ether oxygens (including phenoxy) is 2. The summed E-state index contributed by atoms with van der Waals surface area (Å²) < 4.78 is 87.3. The molecule has 0 bridgehead atoms. The predicted molar refractivity (Wildman–Crippen MR) is 114 cm³/mol. The van der Waals surface area contributed by atoms with Gasteiger partial charge in [0.15, 0.2) is 13.2 Å². The molecule has 1 aromatic carbocycles. The van der Waals surface area contributed by atoms with Crippen molar-refractivity contribution in [3.05, 3.63) is 47.3 Å². The Kier molecular flexibility index (Phi) is 7.70. The molecule has 192 valence electrons. The Bertz CT molecular complexity index is 943. The van der Waals surface area contributed by atoms with Crippen LogP contribution in [0, 0.1) is 0 Å². The molecule has 35 heavy (non-hydrogen) atoms. The fraction of sp³-hybridized carbons (Fsp3) is 0.565. The summed E-state index contributed by atoms with van der Waals surface area (Å²) in [4.78, 5) is 8.27. The average Bonchev–Trinajstić information content (AvgIpc) is 3.65. The fourth-order valence-corrected chi connectivity index (χ4v) is 4.03. The lowest BCUT2D eigenvalue weighted by atomic mass is 9.92. The molecule has 1 saturated carbocycles. The summed E-state index contributed by atoms with van der Waals surface area (Å²) in [6.45, 7) is -2.59. The van der Waals surface area contributed by atoms with Crippen molar-refractivity contribution in [2.24, 2.45) is 0 Å². The summed E-state index contributed by atoms with van der Waals surface area (Å²) >= 11 is 0. The van der Waals surface area contributed by atoms with Crippen LogP contribution in [0.15, 0.2) is 30.3 Å². The predicted octanol–water partition coefficient (Wildman–Crippen LogP) is 4.82. The Balaban J connectivity index is 1.61. The van der Waals surface area contributed by atoms with Crippen LogP contribution in [0.25, 0.3) is 0 Å². The van der Waals surface area contributed by atoms with E-state index in [0.29, 0.717) is 12.8 Å². The number of benzene rings is 1. The molecule has 0 unspecified atom stereocenters. The van der Waals surface area contributed by atoms with E-state index in [1.54, 1.807) is 0 Å². The number of piperidine rings is 1. The van der Waals surface area contributed by atoms with Gasteiger partial charge < -0.3 is 20.1 Å². The molecule has 0 amide bonds. The molecule has 2 fully saturated rings. The third kappa shape index (κ3) is 7.44. The first-order valence-corrected chi connectivity index (χ1v) is 11.4. The smallest absolute Gasteiger partial charge is 0.422 e. The Hall–Kier alpha value is -2.60. The zero-order valence-corrected chi connectivity index (χ0v) is 18.8. The molecule has 1 aliphatic heterocycles. The van der Waals surface area contributed by atoms with E-state index in [0.717, 1.165) is 24.9 Å². The Morgan fingerprint density at radius 1 is 0.886 bits per heavy atom. The maximum Gasteiger partial charge on any atom is 0.422 e. The van der Waals surface area contributed by atoms with Gasteiger partial charge in [0.2, 0.25) is 11.8 Å². The van der Waals surface area contributed by atoms with Crippen molar-refractivity contribution in [3.8, 4) is 11.8 Å². The van der Waals surface area contributed by atoms with Gasteiger partial charge in [-0.2, -0.15) is 36.3 Å². The van der Waals surface area contributed by atoms with Crippen molar-refractivity contribution in [3.63, 3.8) is 0 Å². The van der Waals surface area contributed by atoms with Gasteiger partial charge in [-0.3, -0.25) is 0 Å². The Morgan fingerprint density at radius 2 is 1.49 bits per heavy atom. The zero-order valence-electron chi connectivity index (χ0n) is 18.8. The second kappa shape index (κ2) is 10.6. The first-order valence-electron chi connectivity index (χ1n) is 11.4. The van der Waals surface area contributed by atoms with Crippen molar-refractivity contribution < 1.29 is 35.8 Å². The number of nitrogens with one attached hydrogen (secondary N) is 2. The van der Waals surface area contributed by atoms with E-state index in [-0.39, 0.29) is 35.9 Å². The van der Waals surface area contributed by atoms with Crippen LogP contribution in [0.5, 0.6) is 11.8 Å². The zero-order chi connectivity index (χ0) is 25.1. The monoisotopic (exact) mass is 504 g/mol. The summed E-state index contributed by atoms with van der Waals surface area (Å²) in [5.41, 5.74) is 0.951. The van der Waals surface area contributed by atoms with Crippen LogP contribution in [-0.4, -0.2) is 48.1 Å². The van der Waals surface area contributed by atoms with Gasteiger partial charge in [-0.1, -0.05) is 30.3 Å². The van der Waals surface area contributed by atoms with Gasteiger partial charge in [-0.25, -0.2) is 0 Å². The number of rotatable bonds is 9. The van der Waals surface area contributed by atoms with Gasteiger partial charge in [-0.15, -0.1) is 0 Å². The van der Waals surface area contributed by atoms with E-state index in [9.17, 15) is 26.3 Å². The first-order chi connectivity index (χ1) is 16.6. The van der Waals surface area contributed by atoms with Gasteiger partial charge >= 0.3 is 12.4 Å². The summed E-state index contributed by atoms with van der Waals surface area (Å²) in [6, 6.07) is 9.39. The minimum Gasteiger partial charge on any atom is -0.468 e. The minimum absolute atomic E-state index is 0.0692. The maximum absolute atomic E-state index is 12.9. The lowest BCUT2D eigenvalue weighted by molar-refractivity contribution is -0.155. The lowest BCUT2D eigenvalue weighted by Crippen LogP contribution is -2.45. The summed E-state index contributed by atoms with van der Waals surface area (Å²) in [5, 5.41) is 6.68. The highest BCUT2D eigenvalue weighted by Gasteiger charge is 2.35. The number of halogens is 6. The summed E-state index contributed by atoms with van der Waals surface area (Å²) in [5.74, 6) is -0.832. The van der Waals surface area contributed by atoms with Crippen LogP contribution in [-0.2, 0) is 6.54 Å². The summed E-state index contributed by atoms with van der Waals surface area (Å²) in [7, 11) is 0. The molecule has 12 heteroatoms. The molecule has 1 aliphatic carbocycles. The van der Waals surface area contributed by atoms with Crippen molar-refractivity contribution in [1.29, 1.82) is 0 Å². The molecule has 2 atom stereocenters. The van der Waals surface area contributed by atoms with Gasteiger partial charge in [0.05, 0.1) is 5.56 Å². The molecule has 1 saturated heterocycles. The molecule has 0 spiro atoms. The molecule has 2 aromatic rings. The van der Waals surface area contributed by atoms with Crippen LogP contribution in [0.4, 0.5) is 26.3 Å². The first kappa shape index (κ1) is 25.5. The molecule has 6 nitrogen and oxygen atoms in total. The van der Waals surface area contributed by atoms with Crippen molar-refractivity contribution >= 4 is 0 Å². The van der Waals surface area contributed by atoms with E-state index in [1.807, 2.05) is 30.3 Å². The minimum atomic E-state index is -4.64. The van der Waals surface area contributed by atoms with E-state index in [4.69, 9.17) is 9.47 Å². The van der Waals surface area contributed by atoms with Crippen molar-refractivity contribution in [2.45, 2.75) is 62.6 Å². The van der Waals surface area contributed by atoms with Gasteiger partial charge in [0.25, 0.3) is 0 Å². The van der Waals surface area contributed by atoms with Gasteiger partial charge in [0.1, 0.15) is 5.82 Å². The second-order valence-corrected chi connectivity index (χ2v) is 8.72. The number of alkyl halides is 6. The van der Waals surface area contributed by atoms with E-state index < -0.39 is 37.3 Å². The summed E-state index contributed by atoms with van der Waals surface area (Å²) in [6.07, 6.45) is -6.29. The topological polar surface area (TPSA) is 68.3 Å². The second-order valence-electron chi connectivity index (χ2n) is 8.72. The van der Waals surface area contributed by atoms with Crippen LogP contribution in [0.2, 0.25) is 0 Å². The normalized spacial score (nSPS) is 21.1. The standard InChI is InChI=1S/C23H26F6N4O2/c24-22(25,26)12-34-20-16(21(35-13-23(27,28)29)33-19(32-20)15-8-9-15)11-31-17-7-4-10-30-18(17)14-5-2-1-3-6-14/h1-3,5-6,15,17-18,30-31H,4,7-13H2/t17-,18-/m0/s1. The fourth-order valence-electron chi connectivity index (χ4n) is 4.03. The highest BCUT2D eigenvalue weighted by molar-refractivity contribution is 5.37. The third-order valence-electron chi connectivity index (χ3n) is 5.79. The maximum atomic E-state index is 12.9. The van der Waals surface area contributed by atoms with Crippen molar-refractivity contribution in [2.75, 3.05) is 19.8 Å². The van der Waals surface area contributed by atoms with E-state index >= 15 is 0 Å². The largest absolute Gasteiger partial charge is 0.468 e. The highest BCUT2D eigenvalue weighted by atomic mass is 19.4. The Morgan fingerprint density at radius 3 is 2.03 bits per heavy atom. The number of hydrogen-bond donors (Lipinski definition) is 2. The number of hydrogen-bond acceptors (Lipinski definition) is 6. The SMILES string of the molecule is FC(F)(F)COc1nc(C2CC2)nc(OCC(F)(F)F)c1CN[C@H]1CCCN[C@H]1c1ccccc1. The third-order valence-corrected chi connectivity index (χ3v) is 5.79. The molecule has 4 rings (SSSR count). The van der Waals surface area contributed by atoms with Gasteiger partial charge in [0, 0.05) is 24.5 Å². The molecule has 1 aromatic heterocycles. The van der Waals surface area contributed by atoms with E-state index in [1.165, 1.54) is 0 Å². The van der Waals surface area contributed by atoms with Crippen LogP contribution in [0.3, 0.4) is 0 Å². The van der Waals surface area contributed by atoms with E-state index in [2.05, 4.69) is 20.6 Å².